The number of hydrogen-bond acceptors (Lipinski definition) is 7. The predicted octanol–water partition coefficient (Wildman–Crippen LogP) is 2.38. The first kappa shape index (κ1) is 21.3. The van der Waals surface area contributed by atoms with Crippen molar-refractivity contribution in [3.05, 3.63) is 70.3 Å². The first-order chi connectivity index (χ1) is 15.4. The number of alkyl halides is 1. The van der Waals surface area contributed by atoms with E-state index in [1.165, 1.54) is 5.69 Å². The lowest BCUT2D eigenvalue weighted by Gasteiger charge is -2.39. The molecule has 168 valence electrons. The first-order valence-electron chi connectivity index (χ1n) is 10.5. The second-order valence-corrected chi connectivity index (χ2v) is 9.68. The van der Waals surface area contributed by atoms with Crippen molar-refractivity contribution >= 4 is 33.2 Å². The summed E-state index contributed by atoms with van der Waals surface area (Å²) < 4.78 is 10.1. The maximum absolute atomic E-state index is 13.5. The summed E-state index contributed by atoms with van der Waals surface area (Å²) in [7, 11) is 0. The van der Waals surface area contributed by atoms with Gasteiger partial charge in [-0.1, -0.05) is 36.4 Å². The van der Waals surface area contributed by atoms with Gasteiger partial charge in [0.2, 0.25) is 0 Å². The Morgan fingerprint density at radius 3 is 2.25 bits per heavy atom. The van der Waals surface area contributed by atoms with Crippen molar-refractivity contribution in [3.8, 4) is 0 Å². The Bertz CT molecular complexity index is 1020. The quantitative estimate of drug-likeness (QED) is 0.274. The summed E-state index contributed by atoms with van der Waals surface area (Å²) in [6.45, 7) is 3.19. The van der Waals surface area contributed by atoms with Gasteiger partial charge in [-0.25, -0.2) is 0 Å². The highest BCUT2D eigenvalue weighted by atomic mass is 79.9. The van der Waals surface area contributed by atoms with E-state index in [0.717, 1.165) is 26.2 Å². The minimum absolute atomic E-state index is 0.274. The number of nitrogens with zero attached hydrogens (tertiary/aromatic N) is 4. The molecule has 1 spiro atoms. The van der Waals surface area contributed by atoms with Crippen LogP contribution in [-0.2, 0) is 20.1 Å². The summed E-state index contributed by atoms with van der Waals surface area (Å²) >= 11 is 3.08. The lowest BCUT2D eigenvalue weighted by Crippen LogP contribution is -2.57. The Hall–Kier alpha value is -2.53. The Labute approximate surface area is 193 Å². The molecule has 0 aromatic heterocycles. The topological polar surface area (TPSA) is 88.4 Å². The third-order valence-electron chi connectivity index (χ3n) is 6.23. The van der Waals surface area contributed by atoms with Crippen LogP contribution in [0.4, 0.5) is 11.4 Å². The fourth-order valence-electron chi connectivity index (χ4n) is 4.41. The van der Waals surface area contributed by atoms with Gasteiger partial charge in [0.25, 0.3) is 11.7 Å². The monoisotopic (exact) mass is 502 g/mol. The molecule has 0 aliphatic carbocycles. The molecule has 2 aromatic rings. The Morgan fingerprint density at radius 2 is 1.59 bits per heavy atom. The molecule has 3 aliphatic heterocycles. The van der Waals surface area contributed by atoms with Crippen molar-refractivity contribution in [2.45, 2.75) is 10.2 Å². The Morgan fingerprint density at radius 1 is 0.969 bits per heavy atom. The van der Waals surface area contributed by atoms with Crippen LogP contribution in [0.1, 0.15) is 5.56 Å². The highest BCUT2D eigenvalue weighted by Gasteiger charge is 2.61. The van der Waals surface area contributed by atoms with Gasteiger partial charge in [-0.15, -0.1) is 0 Å². The van der Waals surface area contributed by atoms with Crippen LogP contribution in [-0.4, -0.2) is 66.2 Å². The molecule has 0 atom stereocenters. The lowest BCUT2D eigenvalue weighted by atomic mass is 10.1. The molecular weight excluding hydrogens is 480 g/mol. The molecule has 10 heteroatoms. The molecule has 0 N–H and O–H groups in total. The highest BCUT2D eigenvalue weighted by molar-refractivity contribution is 9.10. The normalized spacial score (nSPS) is 28.2. The molecule has 0 unspecified atom stereocenters. The maximum atomic E-state index is 13.5. The van der Waals surface area contributed by atoms with Crippen LogP contribution in [0.25, 0.3) is 0 Å². The second-order valence-electron chi connectivity index (χ2n) is 8.20. The summed E-state index contributed by atoms with van der Waals surface area (Å²) in [5.74, 6) is -1.99. The summed E-state index contributed by atoms with van der Waals surface area (Å²) in [5, 5.41) is 11.4. The Kier molecular flexibility index (Phi) is 5.40. The third-order valence-corrected chi connectivity index (χ3v) is 6.98. The predicted molar refractivity (Wildman–Crippen MR) is 121 cm³/mol. The number of fused-ring (bicyclic) bond motifs is 2. The molecule has 2 aromatic carbocycles. The molecule has 9 nitrogen and oxygen atoms in total. The molecule has 5 rings (SSSR count). The van der Waals surface area contributed by atoms with E-state index in [1.807, 2.05) is 36.4 Å². The number of halogens is 1. The van der Waals surface area contributed by atoms with Gasteiger partial charge in [0.1, 0.15) is 13.2 Å². The summed E-state index contributed by atoms with van der Waals surface area (Å²) in [4.78, 5) is 30.6. The number of hydrogen-bond donors (Lipinski definition) is 0. The van der Waals surface area contributed by atoms with Crippen LogP contribution in [0.3, 0.4) is 0 Å². The molecule has 32 heavy (non-hydrogen) atoms. The molecule has 0 saturated carbocycles. The average Bonchev–Trinajstić information content (AvgIpc) is 3.05. The summed E-state index contributed by atoms with van der Waals surface area (Å²) in [6.07, 6.45) is 0. The number of rotatable bonds is 4. The number of carbonyl (C=O) groups excluding carboxylic acids is 1. The first-order valence-corrected chi connectivity index (χ1v) is 11.3. The zero-order valence-corrected chi connectivity index (χ0v) is 18.9. The zero-order valence-electron chi connectivity index (χ0n) is 17.4. The van der Waals surface area contributed by atoms with Gasteiger partial charge in [0, 0.05) is 58.3 Å². The zero-order chi connectivity index (χ0) is 22.3. The van der Waals surface area contributed by atoms with Crippen LogP contribution >= 0.6 is 15.9 Å². The van der Waals surface area contributed by atoms with Crippen LogP contribution in [0.5, 0.6) is 0 Å². The summed E-state index contributed by atoms with van der Waals surface area (Å²) in [5.41, 5.74) is 2.50. The minimum atomic E-state index is -1.64. The summed E-state index contributed by atoms with van der Waals surface area (Å²) in [6, 6.07) is 17.6. The SMILES string of the molecule is O=C1N(CN2CCN(c3ccccc3)CC2)c2ccccc2C12OCC(Br)([N+](=O)[O-])CO2. The third kappa shape index (κ3) is 3.47. The van der Waals surface area contributed by atoms with E-state index in [2.05, 4.69) is 37.9 Å². The lowest BCUT2D eigenvalue weighted by molar-refractivity contribution is -0.561. The van der Waals surface area contributed by atoms with E-state index >= 15 is 0 Å². The molecule has 2 fully saturated rings. The molecule has 2 saturated heterocycles. The van der Waals surface area contributed by atoms with Crippen LogP contribution in [0.2, 0.25) is 0 Å². The van der Waals surface area contributed by atoms with E-state index in [-0.39, 0.29) is 19.1 Å². The van der Waals surface area contributed by atoms with Gasteiger partial charge in [-0.2, -0.15) is 0 Å². The van der Waals surface area contributed by atoms with Gasteiger partial charge >= 0.3 is 4.45 Å². The molecule has 0 bridgehead atoms. The number of benzene rings is 2. The second kappa shape index (κ2) is 8.11. The van der Waals surface area contributed by atoms with Crippen LogP contribution in [0.15, 0.2) is 54.6 Å². The number of carbonyl (C=O) groups is 1. The van der Waals surface area contributed by atoms with Crippen molar-refractivity contribution in [1.82, 2.24) is 4.90 Å². The standard InChI is InChI=1S/C22H23BrN4O5/c23-21(27(29)30)14-31-22(32-15-21)18-8-4-5-9-19(18)26(20(22)28)16-24-10-12-25(13-11-24)17-6-2-1-3-7-17/h1-9H,10-16H2. The number of nitro groups is 1. The van der Waals surface area contributed by atoms with Crippen molar-refractivity contribution in [3.63, 3.8) is 0 Å². The smallest absolute Gasteiger partial charge is 0.320 e. The van der Waals surface area contributed by atoms with Gasteiger partial charge in [0.05, 0.1) is 12.4 Å². The average molecular weight is 503 g/mol. The highest BCUT2D eigenvalue weighted by Crippen LogP contribution is 2.47. The van der Waals surface area contributed by atoms with E-state index < -0.39 is 15.2 Å². The van der Waals surface area contributed by atoms with Crippen molar-refractivity contribution in [2.75, 3.05) is 55.9 Å². The number of piperazine rings is 1. The molecule has 3 heterocycles. The van der Waals surface area contributed by atoms with Gasteiger partial charge in [-0.3, -0.25) is 24.7 Å². The fourth-order valence-corrected chi connectivity index (χ4v) is 4.64. The van der Waals surface area contributed by atoms with Crippen LogP contribution < -0.4 is 9.80 Å². The fraction of sp³-hybridized carbons (Fsp3) is 0.409. The van der Waals surface area contributed by atoms with Gasteiger partial charge < -0.3 is 14.4 Å². The molecule has 3 aliphatic rings. The van der Waals surface area contributed by atoms with E-state index in [9.17, 15) is 14.9 Å². The largest absolute Gasteiger partial charge is 0.369 e. The number of para-hydroxylation sites is 2. The number of amides is 1. The molecule has 1 amide bonds. The van der Waals surface area contributed by atoms with Gasteiger partial charge in [-0.05, 0) is 18.2 Å². The number of anilines is 2. The minimum Gasteiger partial charge on any atom is -0.369 e. The maximum Gasteiger partial charge on any atom is 0.320 e. The van der Waals surface area contributed by atoms with Crippen molar-refractivity contribution in [2.24, 2.45) is 0 Å². The van der Waals surface area contributed by atoms with Crippen molar-refractivity contribution in [1.29, 1.82) is 0 Å². The van der Waals surface area contributed by atoms with E-state index in [4.69, 9.17) is 9.47 Å². The molecule has 0 radical (unpaired) electrons. The molecular formula is C22H23BrN4O5. The number of ether oxygens (including phenoxy) is 2. The van der Waals surface area contributed by atoms with E-state index in [1.54, 1.807) is 11.0 Å². The Balaban J connectivity index is 1.32. The van der Waals surface area contributed by atoms with Crippen LogP contribution in [0, 0.1) is 10.1 Å². The van der Waals surface area contributed by atoms with Gasteiger partial charge in [0.15, 0.2) is 0 Å². The van der Waals surface area contributed by atoms with Crippen molar-refractivity contribution < 1.29 is 19.2 Å². The van der Waals surface area contributed by atoms with E-state index in [0.29, 0.717) is 17.9 Å².